The summed E-state index contributed by atoms with van der Waals surface area (Å²) in [6.07, 6.45) is -2.71. The third-order valence-corrected chi connectivity index (χ3v) is 2.56. The highest BCUT2D eigenvalue weighted by molar-refractivity contribution is 6.31. The summed E-state index contributed by atoms with van der Waals surface area (Å²) in [4.78, 5) is 12.7. The van der Waals surface area contributed by atoms with Crippen LogP contribution in [0.15, 0.2) is 18.2 Å². The van der Waals surface area contributed by atoms with Crippen LogP contribution in [0.25, 0.3) is 0 Å². The van der Waals surface area contributed by atoms with Crippen molar-refractivity contribution in [1.29, 1.82) is 0 Å². The molecule has 0 fully saturated rings. The van der Waals surface area contributed by atoms with Gasteiger partial charge in [0.05, 0.1) is 12.1 Å². The van der Waals surface area contributed by atoms with E-state index in [2.05, 4.69) is 0 Å². The van der Waals surface area contributed by atoms with Gasteiger partial charge < -0.3 is 4.90 Å². The van der Waals surface area contributed by atoms with Crippen LogP contribution in [0.2, 0.25) is 5.02 Å². The molecule has 1 aromatic carbocycles. The molecule has 0 unspecified atom stereocenters. The predicted molar refractivity (Wildman–Crippen MR) is 64.0 cm³/mol. The molecule has 1 rings (SSSR count). The Labute approximate surface area is 112 Å². The van der Waals surface area contributed by atoms with Crippen molar-refractivity contribution in [3.8, 4) is 0 Å². The highest BCUT2D eigenvalue weighted by Crippen LogP contribution is 2.17. The Bertz CT molecular complexity index is 429. The molecule has 0 saturated carbocycles. The number of carbonyl (C=O) groups is 1. The fourth-order valence-corrected chi connectivity index (χ4v) is 1.75. The van der Waals surface area contributed by atoms with Crippen molar-refractivity contribution in [2.24, 2.45) is 0 Å². The summed E-state index contributed by atoms with van der Waals surface area (Å²) < 4.78 is 38.0. The molecular formula is C11H10Cl2F3NO. The Morgan fingerprint density at radius 2 is 2.06 bits per heavy atom. The van der Waals surface area contributed by atoms with Crippen molar-refractivity contribution in [2.45, 2.75) is 6.43 Å². The molecule has 7 heteroatoms. The maximum atomic E-state index is 13.4. The van der Waals surface area contributed by atoms with Crippen molar-refractivity contribution < 1.29 is 18.0 Å². The summed E-state index contributed by atoms with van der Waals surface area (Å²) in [6.45, 7) is -0.881. The van der Waals surface area contributed by atoms with Crippen LogP contribution in [0.3, 0.4) is 0 Å². The average molecular weight is 300 g/mol. The highest BCUT2D eigenvalue weighted by atomic mass is 35.5. The van der Waals surface area contributed by atoms with Gasteiger partial charge in [-0.3, -0.25) is 4.79 Å². The van der Waals surface area contributed by atoms with Crippen molar-refractivity contribution in [1.82, 2.24) is 4.90 Å². The molecule has 2 nitrogen and oxygen atoms in total. The number of nitrogens with zero attached hydrogens (tertiary/aromatic N) is 1. The summed E-state index contributed by atoms with van der Waals surface area (Å²) in [7, 11) is 0. The van der Waals surface area contributed by atoms with Crippen LogP contribution in [-0.2, 0) is 0 Å². The number of benzene rings is 1. The standard InChI is InChI=1S/C11H10Cl2F3NO/c12-3-4-17(6-10(15)16)11(18)8-5-7(13)1-2-9(8)14/h1-2,5,10H,3-4,6H2. The fraction of sp³-hybridized carbons (Fsp3) is 0.364. The van der Waals surface area contributed by atoms with Gasteiger partial charge >= 0.3 is 0 Å². The number of halogens is 5. The second kappa shape index (κ2) is 6.85. The maximum absolute atomic E-state index is 13.4. The summed E-state index contributed by atoms with van der Waals surface area (Å²) in [5.41, 5.74) is -0.340. The van der Waals surface area contributed by atoms with E-state index < -0.39 is 24.7 Å². The Morgan fingerprint density at radius 3 is 2.61 bits per heavy atom. The monoisotopic (exact) mass is 299 g/mol. The quantitative estimate of drug-likeness (QED) is 0.763. The number of carbonyl (C=O) groups excluding carboxylic acids is 1. The summed E-state index contributed by atoms with van der Waals surface area (Å²) in [5.74, 6) is -1.67. The highest BCUT2D eigenvalue weighted by Gasteiger charge is 2.22. The molecule has 0 bridgehead atoms. The zero-order valence-electron chi connectivity index (χ0n) is 9.18. The molecule has 1 aromatic rings. The van der Waals surface area contributed by atoms with Crippen LogP contribution in [0, 0.1) is 5.82 Å². The predicted octanol–water partition coefficient (Wildman–Crippen LogP) is 3.43. The minimum absolute atomic E-state index is 0.0132. The van der Waals surface area contributed by atoms with E-state index in [1.165, 1.54) is 6.07 Å². The van der Waals surface area contributed by atoms with Crippen molar-refractivity contribution in [3.63, 3.8) is 0 Å². The first-order chi connectivity index (χ1) is 8.45. The SMILES string of the molecule is O=C(c1cc(Cl)ccc1F)N(CCCl)CC(F)F. The zero-order valence-corrected chi connectivity index (χ0v) is 10.7. The Balaban J connectivity index is 2.97. The van der Waals surface area contributed by atoms with Crippen LogP contribution in [0.4, 0.5) is 13.2 Å². The van der Waals surface area contributed by atoms with Gasteiger partial charge in [-0.05, 0) is 18.2 Å². The first kappa shape index (κ1) is 15.1. The second-order valence-corrected chi connectivity index (χ2v) is 4.27. The molecule has 0 N–H and O–H groups in total. The third kappa shape index (κ3) is 4.07. The molecule has 1 amide bonds. The molecule has 0 radical (unpaired) electrons. The number of hydrogen-bond donors (Lipinski definition) is 0. The second-order valence-electron chi connectivity index (χ2n) is 3.46. The van der Waals surface area contributed by atoms with Gasteiger partial charge in [0, 0.05) is 17.4 Å². The van der Waals surface area contributed by atoms with Gasteiger partial charge in [0.15, 0.2) is 0 Å². The molecule has 0 saturated heterocycles. The van der Waals surface area contributed by atoms with Gasteiger partial charge in [0.1, 0.15) is 5.82 Å². The first-order valence-electron chi connectivity index (χ1n) is 5.04. The smallest absolute Gasteiger partial charge is 0.257 e. The minimum atomic E-state index is -2.71. The lowest BCUT2D eigenvalue weighted by Crippen LogP contribution is -2.37. The normalized spacial score (nSPS) is 10.8. The van der Waals surface area contributed by atoms with Gasteiger partial charge in [-0.25, -0.2) is 13.2 Å². The summed E-state index contributed by atoms with van der Waals surface area (Å²) in [6, 6.07) is 3.38. The van der Waals surface area contributed by atoms with Gasteiger partial charge in [-0.1, -0.05) is 11.6 Å². The van der Waals surface area contributed by atoms with Gasteiger partial charge in [-0.15, -0.1) is 11.6 Å². The summed E-state index contributed by atoms with van der Waals surface area (Å²) in [5, 5.41) is 0.155. The molecule has 100 valence electrons. The van der Waals surface area contributed by atoms with Gasteiger partial charge in [0.2, 0.25) is 0 Å². The lowest BCUT2D eigenvalue weighted by Gasteiger charge is -2.21. The molecular weight excluding hydrogens is 290 g/mol. The van der Waals surface area contributed by atoms with Gasteiger partial charge in [0.25, 0.3) is 12.3 Å². The van der Waals surface area contributed by atoms with Gasteiger partial charge in [-0.2, -0.15) is 0 Å². The largest absolute Gasteiger partial charge is 0.332 e. The number of hydrogen-bond acceptors (Lipinski definition) is 1. The summed E-state index contributed by atoms with van der Waals surface area (Å²) >= 11 is 11.1. The molecule has 0 aliphatic rings. The zero-order chi connectivity index (χ0) is 13.7. The molecule has 0 aliphatic carbocycles. The molecule has 0 aromatic heterocycles. The maximum Gasteiger partial charge on any atom is 0.257 e. The Kier molecular flexibility index (Phi) is 5.75. The van der Waals surface area contributed by atoms with Crippen LogP contribution < -0.4 is 0 Å². The van der Waals surface area contributed by atoms with E-state index >= 15 is 0 Å². The van der Waals surface area contributed by atoms with E-state index in [1.807, 2.05) is 0 Å². The molecule has 0 heterocycles. The van der Waals surface area contributed by atoms with Crippen LogP contribution >= 0.6 is 23.2 Å². The molecule has 18 heavy (non-hydrogen) atoms. The van der Waals surface area contributed by atoms with Crippen molar-refractivity contribution >= 4 is 29.1 Å². The molecule has 0 aliphatic heterocycles. The van der Waals surface area contributed by atoms with Crippen molar-refractivity contribution in [2.75, 3.05) is 19.0 Å². The van der Waals surface area contributed by atoms with Crippen LogP contribution in [0.1, 0.15) is 10.4 Å². The number of alkyl halides is 3. The topological polar surface area (TPSA) is 20.3 Å². The Hall–Kier alpha value is -0.940. The van der Waals surface area contributed by atoms with E-state index in [0.29, 0.717) is 0 Å². The molecule has 0 atom stereocenters. The average Bonchev–Trinajstić information content (AvgIpc) is 2.30. The first-order valence-corrected chi connectivity index (χ1v) is 5.95. The lowest BCUT2D eigenvalue weighted by atomic mass is 10.2. The third-order valence-electron chi connectivity index (χ3n) is 2.16. The van der Waals surface area contributed by atoms with E-state index in [4.69, 9.17) is 23.2 Å². The lowest BCUT2D eigenvalue weighted by molar-refractivity contribution is 0.0567. The van der Waals surface area contributed by atoms with Crippen LogP contribution in [0.5, 0.6) is 0 Å². The van der Waals surface area contributed by atoms with E-state index in [1.54, 1.807) is 0 Å². The Morgan fingerprint density at radius 1 is 1.39 bits per heavy atom. The fourth-order valence-electron chi connectivity index (χ4n) is 1.38. The van der Waals surface area contributed by atoms with E-state index in [-0.39, 0.29) is 23.0 Å². The van der Waals surface area contributed by atoms with E-state index in [9.17, 15) is 18.0 Å². The molecule has 0 spiro atoms. The number of rotatable bonds is 5. The van der Waals surface area contributed by atoms with E-state index in [0.717, 1.165) is 17.0 Å². The number of amides is 1. The minimum Gasteiger partial charge on any atom is -0.332 e. The van der Waals surface area contributed by atoms with Crippen molar-refractivity contribution in [3.05, 3.63) is 34.6 Å². The van der Waals surface area contributed by atoms with Crippen LogP contribution in [-0.4, -0.2) is 36.2 Å².